The Labute approximate surface area is 172 Å². The predicted octanol–water partition coefficient (Wildman–Crippen LogP) is 4.95. The van der Waals surface area contributed by atoms with Crippen molar-refractivity contribution < 1.29 is 18.4 Å². The van der Waals surface area contributed by atoms with E-state index in [1.807, 2.05) is 11.4 Å². The highest BCUT2D eigenvalue weighted by Gasteiger charge is 2.13. The normalized spacial score (nSPS) is 10.7. The van der Waals surface area contributed by atoms with Gasteiger partial charge in [0, 0.05) is 24.4 Å². The number of halogens is 3. The summed E-state index contributed by atoms with van der Waals surface area (Å²) in [6, 6.07) is 6.38. The summed E-state index contributed by atoms with van der Waals surface area (Å²) >= 11 is 8.61. The summed E-state index contributed by atoms with van der Waals surface area (Å²) in [4.78, 5) is 29.1. The number of thiazole rings is 1. The van der Waals surface area contributed by atoms with Crippen LogP contribution in [-0.2, 0) is 4.79 Å². The van der Waals surface area contributed by atoms with Crippen molar-refractivity contribution in [1.29, 1.82) is 0 Å². The number of carbonyl (C=O) groups is 2. The van der Waals surface area contributed by atoms with E-state index in [0.717, 1.165) is 22.7 Å². The second kappa shape index (κ2) is 9.22. The number of nitrogens with one attached hydrogen (secondary N) is 2. The third kappa shape index (κ3) is 5.34. The first-order valence-corrected chi connectivity index (χ1v) is 10.2. The molecule has 10 heteroatoms. The molecule has 28 heavy (non-hydrogen) atoms. The molecule has 3 rings (SSSR count). The number of carbonyl (C=O) groups excluding carboxylic acids is 2. The minimum Gasteiger partial charge on any atom is -0.352 e. The SMILES string of the molecule is O=C(CCCNC(=O)c1ccc(F)cc1F)Nc1nc(-c2ccc(Cl)s2)cs1. The molecule has 146 valence electrons. The van der Waals surface area contributed by atoms with Gasteiger partial charge in [-0.05, 0) is 30.7 Å². The molecule has 0 saturated heterocycles. The molecule has 2 aromatic heterocycles. The lowest BCUT2D eigenvalue weighted by atomic mass is 10.2. The fourth-order valence-corrected chi connectivity index (χ4v) is 4.10. The van der Waals surface area contributed by atoms with E-state index in [4.69, 9.17) is 11.6 Å². The number of nitrogens with zero attached hydrogens (tertiary/aromatic N) is 1. The number of thiophene rings is 1. The van der Waals surface area contributed by atoms with Gasteiger partial charge in [-0.3, -0.25) is 9.59 Å². The Bertz CT molecular complexity index is 1010. The number of hydrogen-bond donors (Lipinski definition) is 2. The van der Waals surface area contributed by atoms with Gasteiger partial charge in [0.1, 0.15) is 11.6 Å². The van der Waals surface area contributed by atoms with Gasteiger partial charge in [0.15, 0.2) is 5.13 Å². The van der Waals surface area contributed by atoms with Crippen molar-refractivity contribution in [2.45, 2.75) is 12.8 Å². The van der Waals surface area contributed by atoms with E-state index in [1.165, 1.54) is 22.7 Å². The Hall–Kier alpha value is -2.36. The fraction of sp³-hybridized carbons (Fsp3) is 0.167. The quantitative estimate of drug-likeness (QED) is 0.509. The Morgan fingerprint density at radius 3 is 2.71 bits per heavy atom. The van der Waals surface area contributed by atoms with Gasteiger partial charge in [-0.1, -0.05) is 11.6 Å². The minimum atomic E-state index is -0.929. The number of rotatable bonds is 7. The molecule has 0 saturated carbocycles. The number of anilines is 1. The molecule has 2 N–H and O–H groups in total. The van der Waals surface area contributed by atoms with Gasteiger partial charge >= 0.3 is 0 Å². The molecule has 2 heterocycles. The largest absolute Gasteiger partial charge is 0.352 e. The first kappa shape index (κ1) is 20.4. The van der Waals surface area contributed by atoms with Crippen LogP contribution in [0.1, 0.15) is 23.2 Å². The zero-order valence-electron chi connectivity index (χ0n) is 14.3. The monoisotopic (exact) mass is 441 g/mol. The first-order chi connectivity index (χ1) is 13.4. The average Bonchev–Trinajstić information content (AvgIpc) is 3.27. The molecule has 0 bridgehead atoms. The molecule has 0 aliphatic rings. The number of aromatic nitrogens is 1. The summed E-state index contributed by atoms with van der Waals surface area (Å²) in [5.74, 6) is -2.58. The molecule has 2 amide bonds. The second-order valence-electron chi connectivity index (χ2n) is 5.67. The van der Waals surface area contributed by atoms with Crippen LogP contribution in [-0.4, -0.2) is 23.3 Å². The minimum absolute atomic E-state index is 0.159. The van der Waals surface area contributed by atoms with Crippen LogP contribution in [0.15, 0.2) is 35.7 Å². The van der Waals surface area contributed by atoms with Gasteiger partial charge in [0.2, 0.25) is 5.91 Å². The highest BCUT2D eigenvalue weighted by Crippen LogP contribution is 2.32. The Morgan fingerprint density at radius 2 is 2.00 bits per heavy atom. The van der Waals surface area contributed by atoms with E-state index < -0.39 is 17.5 Å². The molecule has 0 spiro atoms. The van der Waals surface area contributed by atoms with Crippen LogP contribution in [0.25, 0.3) is 10.6 Å². The molecular formula is C18H14ClF2N3O2S2. The van der Waals surface area contributed by atoms with Crippen molar-refractivity contribution >= 4 is 51.2 Å². The van der Waals surface area contributed by atoms with Crippen LogP contribution in [0.2, 0.25) is 4.34 Å². The van der Waals surface area contributed by atoms with Crippen molar-refractivity contribution in [3.05, 3.63) is 57.2 Å². The maximum atomic E-state index is 13.5. The highest BCUT2D eigenvalue weighted by molar-refractivity contribution is 7.20. The van der Waals surface area contributed by atoms with E-state index >= 15 is 0 Å². The van der Waals surface area contributed by atoms with Crippen molar-refractivity contribution in [2.24, 2.45) is 0 Å². The van der Waals surface area contributed by atoms with Gasteiger partial charge < -0.3 is 10.6 Å². The molecule has 3 aromatic rings. The molecular weight excluding hydrogens is 428 g/mol. The van der Waals surface area contributed by atoms with Crippen LogP contribution in [0.5, 0.6) is 0 Å². The molecule has 0 fully saturated rings. The van der Waals surface area contributed by atoms with Gasteiger partial charge in [0.05, 0.1) is 20.5 Å². The first-order valence-electron chi connectivity index (χ1n) is 8.16. The van der Waals surface area contributed by atoms with Crippen LogP contribution in [0, 0.1) is 11.6 Å². The molecule has 0 aliphatic heterocycles. The lowest BCUT2D eigenvalue weighted by molar-refractivity contribution is -0.116. The standard InChI is InChI=1S/C18H14ClF2N3O2S2/c19-15-6-5-14(28-15)13-9-27-18(23-13)24-16(25)2-1-7-22-17(26)11-4-3-10(20)8-12(11)21/h3-6,8-9H,1-2,7H2,(H,22,26)(H,23,24,25). The van der Waals surface area contributed by atoms with Crippen molar-refractivity contribution in [3.8, 4) is 10.6 Å². The molecule has 5 nitrogen and oxygen atoms in total. The molecule has 0 radical (unpaired) electrons. The lowest BCUT2D eigenvalue weighted by Gasteiger charge is -2.06. The summed E-state index contributed by atoms with van der Waals surface area (Å²) in [5.41, 5.74) is 0.501. The summed E-state index contributed by atoms with van der Waals surface area (Å²) in [7, 11) is 0. The zero-order valence-corrected chi connectivity index (χ0v) is 16.7. The van der Waals surface area contributed by atoms with Crippen molar-refractivity contribution in [2.75, 3.05) is 11.9 Å². The van der Waals surface area contributed by atoms with E-state index in [-0.39, 0.29) is 24.4 Å². The Kier molecular flexibility index (Phi) is 6.71. The average molecular weight is 442 g/mol. The number of hydrogen-bond acceptors (Lipinski definition) is 5. The van der Waals surface area contributed by atoms with Crippen LogP contribution >= 0.6 is 34.3 Å². The highest BCUT2D eigenvalue weighted by atomic mass is 35.5. The van der Waals surface area contributed by atoms with Gasteiger partial charge in [-0.2, -0.15) is 0 Å². The van der Waals surface area contributed by atoms with Crippen molar-refractivity contribution in [3.63, 3.8) is 0 Å². The lowest BCUT2D eigenvalue weighted by Crippen LogP contribution is -2.26. The maximum Gasteiger partial charge on any atom is 0.254 e. The number of amides is 2. The Balaban J connectivity index is 1.42. The van der Waals surface area contributed by atoms with Crippen LogP contribution in [0.4, 0.5) is 13.9 Å². The second-order valence-corrected chi connectivity index (χ2v) is 8.25. The van der Waals surface area contributed by atoms with E-state index in [0.29, 0.717) is 22.0 Å². The third-order valence-corrected chi connectivity index (χ3v) is 5.63. The van der Waals surface area contributed by atoms with Gasteiger partial charge in [0.25, 0.3) is 5.91 Å². The summed E-state index contributed by atoms with van der Waals surface area (Å²) < 4.78 is 27.1. The summed E-state index contributed by atoms with van der Waals surface area (Å²) in [6.07, 6.45) is 0.519. The molecule has 0 atom stereocenters. The fourth-order valence-electron chi connectivity index (χ4n) is 2.30. The molecule has 1 aromatic carbocycles. The topological polar surface area (TPSA) is 71.1 Å². The maximum absolute atomic E-state index is 13.5. The zero-order chi connectivity index (χ0) is 20.1. The van der Waals surface area contributed by atoms with Gasteiger partial charge in [-0.15, -0.1) is 22.7 Å². The predicted molar refractivity (Wildman–Crippen MR) is 107 cm³/mol. The van der Waals surface area contributed by atoms with Gasteiger partial charge in [-0.25, -0.2) is 13.8 Å². The third-order valence-electron chi connectivity index (χ3n) is 3.62. The Morgan fingerprint density at radius 1 is 1.18 bits per heavy atom. The van der Waals surface area contributed by atoms with Crippen molar-refractivity contribution in [1.82, 2.24) is 10.3 Å². The molecule has 0 unspecified atom stereocenters. The van der Waals surface area contributed by atoms with E-state index in [9.17, 15) is 18.4 Å². The van der Waals surface area contributed by atoms with Crippen LogP contribution in [0.3, 0.4) is 0 Å². The summed E-state index contributed by atoms with van der Waals surface area (Å²) in [5, 5.41) is 7.50. The molecule has 0 aliphatic carbocycles. The van der Waals surface area contributed by atoms with E-state index in [1.54, 1.807) is 6.07 Å². The van der Waals surface area contributed by atoms with Crippen LogP contribution < -0.4 is 10.6 Å². The van der Waals surface area contributed by atoms with E-state index in [2.05, 4.69) is 15.6 Å². The summed E-state index contributed by atoms with van der Waals surface area (Å²) in [6.45, 7) is 0.180. The number of benzene rings is 1. The smallest absolute Gasteiger partial charge is 0.254 e.